The molecule has 5 nitrogen and oxygen atoms in total. The molecule has 0 spiro atoms. The summed E-state index contributed by atoms with van der Waals surface area (Å²) in [4.78, 5) is 6.64. The van der Waals surface area contributed by atoms with E-state index < -0.39 is 0 Å². The van der Waals surface area contributed by atoms with E-state index in [0.717, 1.165) is 25.3 Å². The Balaban J connectivity index is 1.56. The molecular weight excluding hydrogens is 305 g/mol. The lowest BCUT2D eigenvalue weighted by atomic mass is 10.0. The molecule has 0 amide bonds. The maximum Gasteiger partial charge on any atom is 0.249 e. The minimum Gasteiger partial charge on any atom is -0.350 e. The van der Waals surface area contributed by atoms with Crippen molar-refractivity contribution in [2.24, 2.45) is 0 Å². The molecule has 0 atom stereocenters. The Hall–Kier alpha value is -3.02. The number of hydrogen-bond donors (Lipinski definition) is 1. The first kappa shape index (κ1) is 14.6. The van der Waals surface area contributed by atoms with Crippen LogP contribution in [0.25, 0.3) is 0 Å². The lowest BCUT2D eigenvalue weighted by Gasteiger charge is -2.29. The lowest BCUT2D eigenvalue weighted by Crippen LogP contribution is -2.31. The number of rotatable bonds is 3. The van der Waals surface area contributed by atoms with E-state index in [0.29, 0.717) is 5.69 Å². The van der Waals surface area contributed by atoms with E-state index in [1.807, 2.05) is 6.07 Å². The maximum absolute atomic E-state index is 13.7. The molecule has 1 N–H and O–H groups in total. The summed E-state index contributed by atoms with van der Waals surface area (Å²) < 4.78 is 13.7. The number of aromatic nitrogens is 3. The van der Waals surface area contributed by atoms with Gasteiger partial charge in [0.15, 0.2) is 5.82 Å². The molecule has 0 saturated heterocycles. The predicted octanol–water partition coefficient (Wildman–Crippen LogP) is 3.32. The zero-order chi connectivity index (χ0) is 16.4. The van der Waals surface area contributed by atoms with Crippen LogP contribution in [0.5, 0.6) is 0 Å². The van der Waals surface area contributed by atoms with E-state index in [4.69, 9.17) is 0 Å². The average molecular weight is 321 g/mol. The van der Waals surface area contributed by atoms with Gasteiger partial charge in [-0.05, 0) is 29.7 Å². The number of halogens is 1. The Kier molecular flexibility index (Phi) is 3.78. The average Bonchev–Trinajstić information content (AvgIpc) is 2.63. The molecule has 0 bridgehead atoms. The summed E-state index contributed by atoms with van der Waals surface area (Å²) in [5, 5.41) is 10.8. The summed E-state index contributed by atoms with van der Waals surface area (Å²) in [6.07, 6.45) is 2.61. The Morgan fingerprint density at radius 2 is 1.79 bits per heavy atom. The number of para-hydroxylation sites is 1. The fourth-order valence-corrected chi connectivity index (χ4v) is 2.87. The first-order chi connectivity index (χ1) is 11.8. The van der Waals surface area contributed by atoms with Crippen molar-refractivity contribution in [2.75, 3.05) is 16.8 Å². The molecule has 3 aromatic rings. The number of anilines is 3. The largest absolute Gasteiger partial charge is 0.350 e. The van der Waals surface area contributed by atoms with Crippen LogP contribution in [0.1, 0.15) is 11.1 Å². The predicted molar refractivity (Wildman–Crippen MR) is 90.7 cm³/mol. The van der Waals surface area contributed by atoms with Crippen LogP contribution in [0.3, 0.4) is 0 Å². The van der Waals surface area contributed by atoms with Crippen LogP contribution in [0.4, 0.5) is 21.8 Å². The van der Waals surface area contributed by atoms with Crippen molar-refractivity contribution in [3.8, 4) is 0 Å². The van der Waals surface area contributed by atoms with E-state index in [2.05, 4.69) is 43.6 Å². The summed E-state index contributed by atoms with van der Waals surface area (Å²) in [6, 6.07) is 14.8. The molecule has 24 heavy (non-hydrogen) atoms. The minimum atomic E-state index is -0.349. The maximum atomic E-state index is 13.7. The van der Waals surface area contributed by atoms with E-state index in [1.54, 1.807) is 24.4 Å². The molecule has 0 aliphatic carbocycles. The van der Waals surface area contributed by atoms with Crippen molar-refractivity contribution in [1.82, 2.24) is 15.2 Å². The van der Waals surface area contributed by atoms with Gasteiger partial charge in [-0.1, -0.05) is 36.4 Å². The Labute approximate surface area is 139 Å². The first-order valence-electron chi connectivity index (χ1n) is 7.82. The highest BCUT2D eigenvalue weighted by Gasteiger charge is 2.18. The van der Waals surface area contributed by atoms with Gasteiger partial charge in [-0.25, -0.2) is 4.39 Å². The van der Waals surface area contributed by atoms with E-state index in [9.17, 15) is 4.39 Å². The van der Waals surface area contributed by atoms with Crippen LogP contribution in [0, 0.1) is 5.82 Å². The van der Waals surface area contributed by atoms with Gasteiger partial charge in [-0.2, -0.15) is 10.1 Å². The highest BCUT2D eigenvalue weighted by molar-refractivity contribution is 5.55. The van der Waals surface area contributed by atoms with Crippen molar-refractivity contribution >= 4 is 17.5 Å². The number of nitrogens with zero attached hydrogens (tertiary/aromatic N) is 4. The van der Waals surface area contributed by atoms with E-state index in [-0.39, 0.29) is 11.8 Å². The molecule has 6 heteroatoms. The third-order valence-corrected chi connectivity index (χ3v) is 4.12. The molecule has 4 rings (SSSR count). The summed E-state index contributed by atoms with van der Waals surface area (Å²) >= 11 is 0. The smallest absolute Gasteiger partial charge is 0.249 e. The second-order valence-electron chi connectivity index (χ2n) is 5.68. The van der Waals surface area contributed by atoms with Gasteiger partial charge in [-0.3, -0.25) is 0 Å². The quantitative estimate of drug-likeness (QED) is 0.802. The molecule has 1 aliphatic rings. The van der Waals surface area contributed by atoms with Crippen LogP contribution >= 0.6 is 0 Å². The van der Waals surface area contributed by atoms with Crippen molar-refractivity contribution in [1.29, 1.82) is 0 Å². The topological polar surface area (TPSA) is 53.9 Å². The fraction of sp³-hybridized carbons (Fsp3) is 0.167. The second-order valence-corrected chi connectivity index (χ2v) is 5.68. The molecule has 120 valence electrons. The molecule has 0 unspecified atom stereocenters. The van der Waals surface area contributed by atoms with E-state index in [1.165, 1.54) is 17.2 Å². The Morgan fingerprint density at radius 1 is 1.00 bits per heavy atom. The van der Waals surface area contributed by atoms with Crippen LogP contribution in [-0.4, -0.2) is 21.7 Å². The van der Waals surface area contributed by atoms with Gasteiger partial charge in [0.1, 0.15) is 5.82 Å². The molecule has 2 aromatic carbocycles. The standard InChI is InChI=1S/C18H16FN5/c19-15-7-3-4-8-16(15)21-18-22-17(11-20-23-18)24-10-9-13-5-1-2-6-14(13)12-24/h1-8,11H,9-10,12H2,(H,21,22,23). The van der Waals surface area contributed by atoms with Crippen molar-refractivity contribution < 1.29 is 4.39 Å². The third-order valence-electron chi connectivity index (χ3n) is 4.12. The molecule has 1 aromatic heterocycles. The lowest BCUT2D eigenvalue weighted by molar-refractivity contribution is 0.631. The SMILES string of the molecule is Fc1ccccc1Nc1nncc(N2CCc3ccccc3C2)n1. The van der Waals surface area contributed by atoms with Gasteiger partial charge in [0.05, 0.1) is 11.9 Å². The number of fused-ring (bicyclic) bond motifs is 1. The van der Waals surface area contributed by atoms with Gasteiger partial charge in [-0.15, -0.1) is 5.10 Å². The molecule has 0 radical (unpaired) electrons. The zero-order valence-corrected chi connectivity index (χ0v) is 13.0. The first-order valence-corrected chi connectivity index (χ1v) is 7.82. The molecular formula is C18H16FN5. The highest BCUT2D eigenvalue weighted by Crippen LogP contribution is 2.23. The Morgan fingerprint density at radius 3 is 2.67 bits per heavy atom. The van der Waals surface area contributed by atoms with Gasteiger partial charge >= 0.3 is 0 Å². The van der Waals surface area contributed by atoms with E-state index >= 15 is 0 Å². The van der Waals surface area contributed by atoms with Crippen molar-refractivity contribution in [3.05, 3.63) is 71.7 Å². The second kappa shape index (κ2) is 6.23. The van der Waals surface area contributed by atoms with Gasteiger partial charge in [0, 0.05) is 13.1 Å². The monoisotopic (exact) mass is 321 g/mol. The zero-order valence-electron chi connectivity index (χ0n) is 13.0. The number of hydrogen-bond acceptors (Lipinski definition) is 5. The molecule has 2 heterocycles. The Bertz CT molecular complexity index is 867. The normalized spacial score (nSPS) is 13.5. The fourth-order valence-electron chi connectivity index (χ4n) is 2.87. The minimum absolute atomic E-state index is 0.288. The van der Waals surface area contributed by atoms with Crippen LogP contribution in [0.2, 0.25) is 0 Å². The summed E-state index contributed by atoms with van der Waals surface area (Å²) in [5.74, 6) is 0.674. The highest BCUT2D eigenvalue weighted by atomic mass is 19.1. The summed E-state index contributed by atoms with van der Waals surface area (Å²) in [5.41, 5.74) is 3.01. The van der Waals surface area contributed by atoms with Crippen LogP contribution in [0.15, 0.2) is 54.7 Å². The van der Waals surface area contributed by atoms with Crippen molar-refractivity contribution in [3.63, 3.8) is 0 Å². The third kappa shape index (κ3) is 2.90. The number of nitrogens with one attached hydrogen (secondary N) is 1. The van der Waals surface area contributed by atoms with Crippen LogP contribution < -0.4 is 10.2 Å². The number of benzene rings is 2. The molecule has 0 fully saturated rings. The summed E-state index contributed by atoms with van der Waals surface area (Å²) in [7, 11) is 0. The van der Waals surface area contributed by atoms with Gasteiger partial charge in [0.25, 0.3) is 0 Å². The molecule has 0 saturated carbocycles. The van der Waals surface area contributed by atoms with Gasteiger partial charge < -0.3 is 10.2 Å². The van der Waals surface area contributed by atoms with Gasteiger partial charge in [0.2, 0.25) is 5.95 Å². The van der Waals surface area contributed by atoms with Crippen molar-refractivity contribution in [2.45, 2.75) is 13.0 Å². The van der Waals surface area contributed by atoms with Crippen LogP contribution in [-0.2, 0) is 13.0 Å². The summed E-state index contributed by atoms with van der Waals surface area (Å²) in [6.45, 7) is 1.66. The molecule has 1 aliphatic heterocycles.